The van der Waals surface area contributed by atoms with E-state index in [1.807, 2.05) is 50.2 Å². The Labute approximate surface area is 141 Å². The highest BCUT2D eigenvalue weighted by atomic mass is 16.5. The number of hydrogen-bond donors (Lipinski definition) is 2. The minimum Gasteiger partial charge on any atom is -0.445 e. The molecule has 24 heavy (non-hydrogen) atoms. The monoisotopic (exact) mass is 327 g/mol. The molecule has 126 valence electrons. The number of aromatic nitrogens is 1. The minimum absolute atomic E-state index is 0.152. The van der Waals surface area contributed by atoms with E-state index in [0.717, 1.165) is 16.8 Å². The molecule has 0 saturated carbocycles. The van der Waals surface area contributed by atoms with E-state index in [2.05, 4.69) is 15.6 Å². The first-order valence-electron chi connectivity index (χ1n) is 7.67. The van der Waals surface area contributed by atoms with Crippen LogP contribution in [0.15, 0.2) is 42.5 Å². The fourth-order valence-corrected chi connectivity index (χ4v) is 2.15. The number of anilines is 1. The van der Waals surface area contributed by atoms with E-state index < -0.39 is 12.1 Å². The van der Waals surface area contributed by atoms with Gasteiger partial charge in [0.15, 0.2) is 0 Å². The van der Waals surface area contributed by atoms with Crippen LogP contribution < -0.4 is 10.6 Å². The summed E-state index contributed by atoms with van der Waals surface area (Å²) in [6.45, 7) is 5.51. The third-order valence-electron chi connectivity index (χ3n) is 3.29. The van der Waals surface area contributed by atoms with Crippen LogP contribution in [0.3, 0.4) is 0 Å². The summed E-state index contributed by atoms with van der Waals surface area (Å²) in [6.07, 6.45) is -0.644. The SMILES string of the molecule is Cc1cc(C)nc(NC(=O)[C@H](C)NC(=O)OCc2ccccc2)c1. The average Bonchev–Trinajstić information content (AvgIpc) is 2.53. The Hall–Kier alpha value is -2.89. The number of nitrogens with zero attached hydrogens (tertiary/aromatic N) is 1. The normalized spacial score (nSPS) is 11.5. The second-order valence-corrected chi connectivity index (χ2v) is 5.59. The van der Waals surface area contributed by atoms with Crippen molar-refractivity contribution in [2.24, 2.45) is 0 Å². The summed E-state index contributed by atoms with van der Waals surface area (Å²) >= 11 is 0. The predicted octanol–water partition coefficient (Wildman–Crippen LogP) is 2.95. The fraction of sp³-hybridized carbons (Fsp3) is 0.278. The van der Waals surface area contributed by atoms with Crippen molar-refractivity contribution in [1.29, 1.82) is 0 Å². The Bertz CT molecular complexity index is 696. The van der Waals surface area contributed by atoms with Crippen molar-refractivity contribution in [1.82, 2.24) is 10.3 Å². The van der Waals surface area contributed by atoms with Gasteiger partial charge in [-0.2, -0.15) is 0 Å². The molecule has 0 saturated heterocycles. The van der Waals surface area contributed by atoms with Gasteiger partial charge in [-0.1, -0.05) is 30.3 Å². The zero-order chi connectivity index (χ0) is 17.5. The first kappa shape index (κ1) is 17.5. The van der Waals surface area contributed by atoms with E-state index in [0.29, 0.717) is 5.82 Å². The lowest BCUT2D eigenvalue weighted by Gasteiger charge is -2.14. The predicted molar refractivity (Wildman–Crippen MR) is 91.6 cm³/mol. The molecule has 0 fully saturated rings. The Morgan fingerprint density at radius 2 is 1.88 bits per heavy atom. The van der Waals surface area contributed by atoms with Gasteiger partial charge in [-0.15, -0.1) is 0 Å². The molecule has 0 aliphatic heterocycles. The molecule has 1 aromatic heterocycles. The Morgan fingerprint density at radius 3 is 2.54 bits per heavy atom. The number of aryl methyl sites for hydroxylation is 2. The number of alkyl carbamates (subject to hydrolysis) is 1. The van der Waals surface area contributed by atoms with Gasteiger partial charge >= 0.3 is 6.09 Å². The zero-order valence-corrected chi connectivity index (χ0v) is 14.0. The van der Waals surface area contributed by atoms with Crippen molar-refractivity contribution in [3.63, 3.8) is 0 Å². The van der Waals surface area contributed by atoms with E-state index in [-0.39, 0.29) is 12.5 Å². The van der Waals surface area contributed by atoms with Gasteiger partial charge in [-0.25, -0.2) is 9.78 Å². The maximum atomic E-state index is 12.1. The highest BCUT2D eigenvalue weighted by Gasteiger charge is 2.17. The van der Waals surface area contributed by atoms with Gasteiger partial charge in [0.1, 0.15) is 18.5 Å². The molecule has 6 heteroatoms. The molecular formula is C18H21N3O3. The second kappa shape index (κ2) is 8.10. The Balaban J connectivity index is 1.83. The van der Waals surface area contributed by atoms with E-state index in [9.17, 15) is 9.59 Å². The van der Waals surface area contributed by atoms with Crippen LogP contribution in [0.25, 0.3) is 0 Å². The lowest BCUT2D eigenvalue weighted by molar-refractivity contribution is -0.117. The van der Waals surface area contributed by atoms with Crippen molar-refractivity contribution >= 4 is 17.8 Å². The zero-order valence-electron chi connectivity index (χ0n) is 14.0. The molecule has 1 heterocycles. The molecule has 1 atom stereocenters. The number of rotatable bonds is 5. The first-order chi connectivity index (χ1) is 11.4. The number of pyridine rings is 1. The maximum Gasteiger partial charge on any atom is 0.408 e. The lowest BCUT2D eigenvalue weighted by Crippen LogP contribution is -2.41. The summed E-state index contributed by atoms with van der Waals surface area (Å²) < 4.78 is 5.09. The molecule has 0 aliphatic rings. The molecule has 2 N–H and O–H groups in total. The molecule has 2 amide bonds. The molecule has 2 rings (SSSR count). The van der Waals surface area contributed by atoms with Gasteiger partial charge < -0.3 is 15.4 Å². The van der Waals surface area contributed by atoms with Gasteiger partial charge in [0.05, 0.1) is 0 Å². The number of amides is 2. The van der Waals surface area contributed by atoms with E-state index in [1.54, 1.807) is 13.0 Å². The van der Waals surface area contributed by atoms with E-state index in [4.69, 9.17) is 4.74 Å². The van der Waals surface area contributed by atoms with Crippen LogP contribution in [0.5, 0.6) is 0 Å². The standard InChI is InChI=1S/C18H21N3O3/c1-12-9-13(2)19-16(10-12)21-17(22)14(3)20-18(23)24-11-15-7-5-4-6-8-15/h4-10,14H,11H2,1-3H3,(H,20,23)(H,19,21,22)/t14-/m0/s1. The largest absolute Gasteiger partial charge is 0.445 e. The molecule has 0 unspecified atom stereocenters. The summed E-state index contributed by atoms with van der Waals surface area (Å²) in [5, 5.41) is 5.18. The van der Waals surface area contributed by atoms with Crippen molar-refractivity contribution in [2.45, 2.75) is 33.4 Å². The fourth-order valence-electron chi connectivity index (χ4n) is 2.15. The number of carbonyl (C=O) groups is 2. The Kier molecular flexibility index (Phi) is 5.89. The summed E-state index contributed by atoms with van der Waals surface area (Å²) in [6, 6.07) is 12.3. The van der Waals surface area contributed by atoms with Crippen molar-refractivity contribution in [3.05, 3.63) is 59.3 Å². The highest BCUT2D eigenvalue weighted by molar-refractivity contribution is 5.95. The average molecular weight is 327 g/mol. The molecule has 1 aromatic carbocycles. The number of nitrogens with one attached hydrogen (secondary N) is 2. The molecule has 0 spiro atoms. The van der Waals surface area contributed by atoms with Gasteiger partial charge in [0.25, 0.3) is 0 Å². The van der Waals surface area contributed by atoms with Crippen LogP contribution in [0.1, 0.15) is 23.7 Å². The van der Waals surface area contributed by atoms with Gasteiger partial charge in [-0.3, -0.25) is 4.79 Å². The number of benzene rings is 1. The van der Waals surface area contributed by atoms with Crippen LogP contribution >= 0.6 is 0 Å². The Morgan fingerprint density at radius 1 is 1.17 bits per heavy atom. The summed E-state index contributed by atoms with van der Waals surface area (Å²) in [4.78, 5) is 28.1. The van der Waals surface area contributed by atoms with E-state index >= 15 is 0 Å². The van der Waals surface area contributed by atoms with Crippen molar-refractivity contribution < 1.29 is 14.3 Å². The van der Waals surface area contributed by atoms with Crippen LogP contribution in [-0.4, -0.2) is 23.0 Å². The van der Waals surface area contributed by atoms with Crippen LogP contribution in [0.4, 0.5) is 10.6 Å². The van der Waals surface area contributed by atoms with Gasteiger partial charge in [0.2, 0.25) is 5.91 Å². The van der Waals surface area contributed by atoms with Crippen LogP contribution in [0.2, 0.25) is 0 Å². The van der Waals surface area contributed by atoms with Crippen molar-refractivity contribution in [3.8, 4) is 0 Å². The van der Waals surface area contributed by atoms with Gasteiger partial charge in [-0.05, 0) is 44.0 Å². The third-order valence-corrected chi connectivity index (χ3v) is 3.29. The lowest BCUT2D eigenvalue weighted by atomic mass is 10.2. The maximum absolute atomic E-state index is 12.1. The third kappa shape index (κ3) is 5.39. The highest BCUT2D eigenvalue weighted by Crippen LogP contribution is 2.09. The number of hydrogen-bond acceptors (Lipinski definition) is 4. The molecular weight excluding hydrogens is 306 g/mol. The second-order valence-electron chi connectivity index (χ2n) is 5.59. The quantitative estimate of drug-likeness (QED) is 0.885. The summed E-state index contributed by atoms with van der Waals surface area (Å²) in [5.74, 6) is 0.105. The van der Waals surface area contributed by atoms with Gasteiger partial charge in [0, 0.05) is 5.69 Å². The topological polar surface area (TPSA) is 80.3 Å². The van der Waals surface area contributed by atoms with E-state index in [1.165, 1.54) is 0 Å². The molecule has 0 radical (unpaired) electrons. The smallest absolute Gasteiger partial charge is 0.408 e. The number of ether oxygens (including phenoxy) is 1. The van der Waals surface area contributed by atoms with Crippen molar-refractivity contribution in [2.75, 3.05) is 5.32 Å². The van der Waals surface area contributed by atoms with Crippen LogP contribution in [0, 0.1) is 13.8 Å². The summed E-state index contributed by atoms with van der Waals surface area (Å²) in [5.41, 5.74) is 2.69. The summed E-state index contributed by atoms with van der Waals surface area (Å²) in [7, 11) is 0. The molecule has 6 nitrogen and oxygen atoms in total. The first-order valence-corrected chi connectivity index (χ1v) is 7.67. The molecule has 2 aromatic rings. The minimum atomic E-state index is -0.740. The molecule has 0 bridgehead atoms. The van der Waals surface area contributed by atoms with Crippen LogP contribution in [-0.2, 0) is 16.1 Å². The molecule has 0 aliphatic carbocycles. The number of carbonyl (C=O) groups excluding carboxylic acids is 2.